The molecule has 4 amide bonds. The smallest absolute Gasteiger partial charge is 0.335 e. The molecule has 3 saturated heterocycles. The monoisotopic (exact) mass is 1360 g/mol. The Balaban J connectivity index is 0.000000137. The van der Waals surface area contributed by atoms with Gasteiger partial charge in [-0.2, -0.15) is 5.10 Å². The van der Waals surface area contributed by atoms with E-state index >= 15 is 0 Å². The number of aromatic nitrogens is 12. The summed E-state index contributed by atoms with van der Waals surface area (Å²) < 4.78 is 18.7. The summed E-state index contributed by atoms with van der Waals surface area (Å²) in [6.07, 6.45) is 13.2. The number of hydrogen-bond donors (Lipinski definition) is 4. The molecule has 7 N–H and O–H groups in total. The fourth-order valence-corrected chi connectivity index (χ4v) is 12.9. The molecular formula is C76H69N19O7. The number of hydrogen-bond acceptors (Lipinski definition) is 18. The number of pyridine rings is 1. The number of piperidine rings is 1. The molecule has 26 nitrogen and oxygen atoms in total. The van der Waals surface area contributed by atoms with Crippen molar-refractivity contribution in [1.29, 1.82) is 0 Å². The van der Waals surface area contributed by atoms with Crippen LogP contribution >= 0.6 is 0 Å². The van der Waals surface area contributed by atoms with Crippen LogP contribution in [0.4, 0.5) is 23.3 Å². The number of nitrogens with zero attached hydrogens (tertiary/aromatic N) is 15. The van der Waals surface area contributed by atoms with Gasteiger partial charge in [0.05, 0.1) is 29.2 Å². The summed E-state index contributed by atoms with van der Waals surface area (Å²) >= 11 is 0. The zero-order chi connectivity index (χ0) is 70.8. The van der Waals surface area contributed by atoms with Crippen molar-refractivity contribution >= 4 is 74.6 Å². The second-order valence-corrected chi connectivity index (χ2v) is 24.0. The molecule has 0 bridgehead atoms. The fourth-order valence-electron chi connectivity index (χ4n) is 12.9. The molecule has 0 radical (unpaired) electrons. The Hall–Kier alpha value is -13.5. The fraction of sp³-hybridized carbons (Fsp3) is 0.197. The lowest BCUT2D eigenvalue weighted by Gasteiger charge is -2.32. The summed E-state index contributed by atoms with van der Waals surface area (Å²) in [5.41, 5.74) is 24.7. The number of nitrogens with one attached hydrogen (secondary N) is 1. The van der Waals surface area contributed by atoms with Crippen LogP contribution in [0.2, 0.25) is 0 Å². The van der Waals surface area contributed by atoms with Crippen LogP contribution in [0, 0.1) is 23.7 Å². The number of ether oxygens (including phenoxy) is 2. The van der Waals surface area contributed by atoms with Crippen molar-refractivity contribution in [2.24, 2.45) is 0 Å². The van der Waals surface area contributed by atoms with Crippen molar-refractivity contribution in [2.75, 3.05) is 55.2 Å². The van der Waals surface area contributed by atoms with Gasteiger partial charge in [0.1, 0.15) is 81.4 Å². The number of carbonyl (C=O) groups excluding carboxylic acids is 4. The maximum absolute atomic E-state index is 13.6. The highest BCUT2D eigenvalue weighted by molar-refractivity contribution is 6.04. The van der Waals surface area contributed by atoms with Gasteiger partial charge in [-0.15, -0.1) is 0 Å². The first-order valence-electron chi connectivity index (χ1n) is 33.0. The maximum Gasteiger partial charge on any atom is 0.335 e. The molecule has 5 aromatic carbocycles. The molecule has 15 rings (SSSR count). The second kappa shape index (κ2) is 30.1. The molecule has 0 aliphatic carbocycles. The lowest BCUT2D eigenvalue weighted by Crippen LogP contribution is -2.40. The number of nitrogen functional groups attached to an aromatic ring is 3. The van der Waals surface area contributed by atoms with E-state index in [0.29, 0.717) is 119 Å². The van der Waals surface area contributed by atoms with Gasteiger partial charge in [0.2, 0.25) is 5.91 Å². The maximum atomic E-state index is 13.6. The Labute approximate surface area is 585 Å². The summed E-state index contributed by atoms with van der Waals surface area (Å²) in [5, 5.41) is 8.39. The minimum absolute atomic E-state index is 0.00566. The van der Waals surface area contributed by atoms with Crippen molar-refractivity contribution in [3.63, 3.8) is 0 Å². The van der Waals surface area contributed by atoms with Gasteiger partial charge in [-0.1, -0.05) is 73.0 Å². The number of fused-ring (bicyclic) bond motifs is 3. The number of benzene rings is 5. The number of anilines is 4. The molecule has 10 heterocycles. The Bertz CT molecular complexity index is 5290. The standard InChI is InChI=1S/C26H23N7O2.C25H22N6O3.C25H24N6O2/c1-2-6-21(34)32-15-5-7-19(32)25-31-22(23-24(27)29-14-16-33(23)25)17-9-11-18(12-10-17)26(35)30-20-8-3-4-13-28-20;1-2-6-21(32)29-14-13-18(15-29)31-24-22(23(26)27-16-28-24)30(25(31)33)17-9-11-20(12-10-17)34-19-7-4-3-5-8-19;1-2-21(32)30-14-6-7-18(15-30)31-25-22(24(26)27-16-28-25)23(29-31)17-10-12-20(13-11-17)33-19-8-4-3-5-9-19/h3-4,8-14,16,19H,5,7,15H2,1H3,(H2,27,29)(H,28,30,35);3-5,7-12,16,18H,13-15H2,1H3,(H2,26,27,28);2-5,8-13,16,18H,1,6-7,14-15H2,(H2,26,27,28)/t19-;2*18-/m011/s1. The molecule has 7 aromatic heterocycles. The highest BCUT2D eigenvalue weighted by Gasteiger charge is 2.35. The molecule has 0 saturated carbocycles. The van der Waals surface area contributed by atoms with Gasteiger partial charge in [-0.25, -0.2) is 44.4 Å². The summed E-state index contributed by atoms with van der Waals surface area (Å²) in [7, 11) is 0. The van der Waals surface area contributed by atoms with E-state index in [4.69, 9.17) is 36.8 Å². The van der Waals surface area contributed by atoms with Gasteiger partial charge < -0.3 is 46.7 Å². The van der Waals surface area contributed by atoms with Gasteiger partial charge in [-0.3, -0.25) is 32.7 Å². The summed E-state index contributed by atoms with van der Waals surface area (Å²) in [5.74, 6) is 14.7. The van der Waals surface area contributed by atoms with E-state index < -0.39 is 0 Å². The van der Waals surface area contributed by atoms with Crippen molar-refractivity contribution in [3.05, 3.63) is 217 Å². The lowest BCUT2D eigenvalue weighted by atomic mass is 10.1. The van der Waals surface area contributed by atoms with Gasteiger partial charge in [0.15, 0.2) is 17.1 Å². The number of likely N-dealkylation sites (tertiary alicyclic amines) is 3. The van der Waals surface area contributed by atoms with E-state index in [2.05, 4.69) is 65.5 Å². The van der Waals surface area contributed by atoms with E-state index in [1.807, 2.05) is 106 Å². The first-order chi connectivity index (χ1) is 49.8. The number of para-hydroxylation sites is 2. The van der Waals surface area contributed by atoms with Crippen LogP contribution < -0.4 is 37.7 Å². The zero-order valence-corrected chi connectivity index (χ0v) is 55.7. The molecular weight excluding hydrogens is 1290 g/mol. The molecule has 26 heteroatoms. The minimum atomic E-state index is -0.292. The third-order valence-corrected chi connectivity index (χ3v) is 17.6. The van der Waals surface area contributed by atoms with Crippen molar-refractivity contribution < 1.29 is 28.7 Å². The van der Waals surface area contributed by atoms with E-state index in [0.717, 1.165) is 54.1 Å². The number of carbonyl (C=O) groups is 4. The van der Waals surface area contributed by atoms with Crippen LogP contribution in [0.25, 0.3) is 55.9 Å². The van der Waals surface area contributed by atoms with Crippen LogP contribution in [-0.4, -0.2) is 129 Å². The molecule has 3 fully saturated rings. The normalized spacial score (nSPS) is 15.4. The van der Waals surface area contributed by atoms with Crippen LogP contribution in [0.3, 0.4) is 0 Å². The first-order valence-corrected chi connectivity index (χ1v) is 33.0. The summed E-state index contributed by atoms with van der Waals surface area (Å²) in [4.78, 5) is 98.9. The van der Waals surface area contributed by atoms with Crippen molar-refractivity contribution in [2.45, 2.75) is 64.1 Å². The predicted molar refractivity (Wildman–Crippen MR) is 387 cm³/mol. The Kier molecular flexibility index (Phi) is 19.8. The molecule has 3 aliphatic rings. The second-order valence-electron chi connectivity index (χ2n) is 24.0. The quantitative estimate of drug-likeness (QED) is 0.0616. The third kappa shape index (κ3) is 14.1. The summed E-state index contributed by atoms with van der Waals surface area (Å²) in [6.45, 7) is 9.67. The van der Waals surface area contributed by atoms with Crippen molar-refractivity contribution in [3.8, 4) is 74.9 Å². The number of rotatable bonds is 13. The highest BCUT2D eigenvalue weighted by atomic mass is 16.5. The number of amides is 4. The van der Waals surface area contributed by atoms with Crippen molar-refractivity contribution in [1.82, 2.24) is 72.9 Å². The molecule has 3 aliphatic heterocycles. The number of nitrogens with two attached hydrogens (primary N) is 3. The van der Waals surface area contributed by atoms with Gasteiger partial charge in [0.25, 0.3) is 17.7 Å². The van der Waals surface area contributed by atoms with Crippen LogP contribution in [-0.2, 0) is 14.4 Å². The third-order valence-electron chi connectivity index (χ3n) is 17.6. The Morgan fingerprint density at radius 1 is 0.588 bits per heavy atom. The molecule has 510 valence electrons. The van der Waals surface area contributed by atoms with Gasteiger partial charge in [0, 0.05) is 68.0 Å². The zero-order valence-electron chi connectivity index (χ0n) is 55.7. The molecule has 3 atom stereocenters. The molecule has 12 aromatic rings. The van der Waals surface area contributed by atoms with Crippen LogP contribution in [0.5, 0.6) is 23.0 Å². The molecule has 102 heavy (non-hydrogen) atoms. The van der Waals surface area contributed by atoms with E-state index in [1.165, 1.54) is 23.3 Å². The summed E-state index contributed by atoms with van der Waals surface area (Å²) in [6, 6.07) is 45.9. The average molecular weight is 1360 g/mol. The topological polar surface area (TPSA) is 326 Å². The molecule has 0 spiro atoms. The number of imidazole rings is 2. The minimum Gasteiger partial charge on any atom is -0.457 e. The SMILES string of the molecule is C=CC(=O)N1CCC[C@@H](n2nc(-c3ccc(Oc4ccccc4)cc3)c3c(N)ncnc32)C1.CC#CC(=O)N1CCC[C@H]1c1nc(-c2ccc(C(=O)Nc3ccccn3)cc2)c2c(N)nccn12.CC#CC(=O)N1CC[C@@H](n2c(=O)n(-c3ccc(Oc4ccccc4)cc3)c3c(N)ncnc32)C1. The Morgan fingerprint density at radius 2 is 1.20 bits per heavy atom. The van der Waals surface area contributed by atoms with Gasteiger partial charge >= 0.3 is 5.69 Å². The average Bonchev–Trinajstić information content (AvgIpc) is 1.61. The van der Waals surface area contributed by atoms with E-state index in [1.54, 1.807) is 106 Å². The highest BCUT2D eigenvalue weighted by Crippen LogP contribution is 2.39. The molecule has 0 unspecified atom stereocenters. The van der Waals surface area contributed by atoms with Crippen LogP contribution in [0.1, 0.15) is 80.3 Å². The Morgan fingerprint density at radius 3 is 1.87 bits per heavy atom. The van der Waals surface area contributed by atoms with Gasteiger partial charge in [-0.05, 0) is 161 Å². The first kappa shape index (κ1) is 67.1. The largest absolute Gasteiger partial charge is 0.457 e. The van der Waals surface area contributed by atoms with E-state index in [-0.39, 0.29) is 53.3 Å². The predicted octanol–water partition coefficient (Wildman–Crippen LogP) is 10.3. The lowest BCUT2D eigenvalue weighted by molar-refractivity contribution is -0.128. The van der Waals surface area contributed by atoms with E-state index in [9.17, 15) is 24.0 Å². The van der Waals surface area contributed by atoms with Crippen LogP contribution in [0.15, 0.2) is 200 Å².